The number of hydrogen-bond acceptors (Lipinski definition) is 7. The molecule has 0 saturated carbocycles. The highest BCUT2D eigenvalue weighted by Gasteiger charge is 2.16. The van der Waals surface area contributed by atoms with Crippen molar-refractivity contribution in [1.29, 1.82) is 5.26 Å². The molecule has 11 heteroatoms. The molecule has 0 aromatic heterocycles. The number of amides is 1. The summed E-state index contributed by atoms with van der Waals surface area (Å²) in [7, 11) is -2.46. The number of carboxylic acid groups (broad SMARTS) is 1. The van der Waals surface area contributed by atoms with Crippen molar-refractivity contribution < 1.29 is 32.6 Å². The molecule has 37 heavy (non-hydrogen) atoms. The SMILES string of the molecule is COc1cc(/C=C(\C#N)C(=O)Nc2ccc(S(=O)(=O)Nc3ccc(C)cc3)cc2)ccc1OCC(=O)O. The first-order valence-electron chi connectivity index (χ1n) is 10.8. The Hall–Kier alpha value is -4.82. The van der Waals surface area contributed by atoms with Gasteiger partial charge in [-0.3, -0.25) is 9.52 Å². The molecule has 3 aromatic rings. The third kappa shape index (κ3) is 7.33. The summed E-state index contributed by atoms with van der Waals surface area (Å²) < 4.78 is 38.1. The molecule has 0 aliphatic carbocycles. The smallest absolute Gasteiger partial charge is 0.341 e. The number of methoxy groups -OCH3 is 1. The zero-order chi connectivity index (χ0) is 27.0. The molecule has 0 heterocycles. The molecule has 0 spiro atoms. The lowest BCUT2D eigenvalue weighted by Gasteiger charge is -2.10. The van der Waals surface area contributed by atoms with Crippen molar-refractivity contribution in [3.63, 3.8) is 0 Å². The Kier molecular flexibility index (Phi) is 8.50. The van der Waals surface area contributed by atoms with Crippen LogP contribution in [0.4, 0.5) is 11.4 Å². The number of carbonyl (C=O) groups is 2. The summed E-state index contributed by atoms with van der Waals surface area (Å²) >= 11 is 0. The molecular formula is C26H23N3O7S. The van der Waals surface area contributed by atoms with E-state index in [1.54, 1.807) is 24.3 Å². The Labute approximate surface area is 213 Å². The first-order valence-corrected chi connectivity index (χ1v) is 12.2. The van der Waals surface area contributed by atoms with Crippen LogP contribution in [0.25, 0.3) is 6.08 Å². The minimum atomic E-state index is -3.83. The predicted octanol–water partition coefficient (Wildman–Crippen LogP) is 3.81. The van der Waals surface area contributed by atoms with Gasteiger partial charge in [-0.25, -0.2) is 13.2 Å². The molecule has 0 bridgehead atoms. The summed E-state index contributed by atoms with van der Waals surface area (Å²) in [4.78, 5) is 23.4. The van der Waals surface area contributed by atoms with E-state index >= 15 is 0 Å². The highest BCUT2D eigenvalue weighted by molar-refractivity contribution is 7.92. The molecule has 0 saturated heterocycles. The Morgan fingerprint density at radius 2 is 1.65 bits per heavy atom. The molecule has 3 aromatic carbocycles. The van der Waals surface area contributed by atoms with Gasteiger partial charge in [0.05, 0.1) is 12.0 Å². The average Bonchev–Trinajstić information content (AvgIpc) is 2.87. The number of sulfonamides is 1. The molecular weight excluding hydrogens is 498 g/mol. The van der Waals surface area contributed by atoms with Gasteiger partial charge in [0.2, 0.25) is 0 Å². The Morgan fingerprint density at radius 1 is 1.00 bits per heavy atom. The lowest BCUT2D eigenvalue weighted by molar-refractivity contribution is -0.139. The van der Waals surface area contributed by atoms with Crippen molar-refractivity contribution in [3.05, 3.63) is 83.4 Å². The normalized spacial score (nSPS) is 11.2. The number of ether oxygens (including phenoxy) is 2. The summed E-state index contributed by atoms with van der Waals surface area (Å²) in [5, 5.41) is 20.8. The van der Waals surface area contributed by atoms with Gasteiger partial charge in [0.25, 0.3) is 15.9 Å². The molecule has 3 N–H and O–H groups in total. The number of carbonyl (C=O) groups excluding carboxylic acids is 1. The van der Waals surface area contributed by atoms with Gasteiger partial charge in [0, 0.05) is 11.4 Å². The van der Waals surface area contributed by atoms with E-state index in [2.05, 4.69) is 10.0 Å². The maximum Gasteiger partial charge on any atom is 0.341 e. The minimum absolute atomic E-state index is 0.000533. The van der Waals surface area contributed by atoms with Crippen LogP contribution in [-0.4, -0.2) is 39.1 Å². The van der Waals surface area contributed by atoms with Gasteiger partial charge in [-0.15, -0.1) is 0 Å². The average molecular weight is 522 g/mol. The van der Waals surface area contributed by atoms with Crippen LogP contribution in [0.2, 0.25) is 0 Å². The fourth-order valence-corrected chi connectivity index (χ4v) is 4.16. The van der Waals surface area contributed by atoms with Gasteiger partial charge >= 0.3 is 5.97 Å². The number of aliphatic carboxylic acids is 1. The summed E-state index contributed by atoms with van der Waals surface area (Å²) in [5.74, 6) is -1.44. The van der Waals surface area contributed by atoms with E-state index in [1.807, 2.05) is 13.0 Å². The molecule has 10 nitrogen and oxygen atoms in total. The fraction of sp³-hybridized carbons (Fsp3) is 0.115. The van der Waals surface area contributed by atoms with Crippen molar-refractivity contribution in [1.82, 2.24) is 0 Å². The second-order valence-corrected chi connectivity index (χ2v) is 9.39. The second kappa shape index (κ2) is 11.7. The van der Waals surface area contributed by atoms with Gasteiger partial charge in [-0.05, 0) is 67.1 Å². The number of hydrogen-bond donors (Lipinski definition) is 3. The quantitative estimate of drug-likeness (QED) is 0.269. The van der Waals surface area contributed by atoms with E-state index < -0.39 is 28.5 Å². The van der Waals surface area contributed by atoms with Crippen molar-refractivity contribution >= 4 is 39.4 Å². The van der Waals surface area contributed by atoms with Gasteiger partial charge in [0.1, 0.15) is 11.6 Å². The van der Waals surface area contributed by atoms with E-state index in [0.29, 0.717) is 11.3 Å². The molecule has 3 rings (SSSR count). The van der Waals surface area contributed by atoms with Crippen molar-refractivity contribution in [3.8, 4) is 17.6 Å². The summed E-state index contributed by atoms with van der Waals surface area (Å²) in [6.07, 6.45) is 1.32. The maximum absolute atomic E-state index is 12.6. The number of nitriles is 1. The third-order valence-corrected chi connectivity index (χ3v) is 6.34. The van der Waals surface area contributed by atoms with Gasteiger partial charge < -0.3 is 19.9 Å². The molecule has 0 radical (unpaired) electrons. The number of rotatable bonds is 10. The largest absolute Gasteiger partial charge is 0.493 e. The van der Waals surface area contributed by atoms with Crippen LogP contribution in [0.3, 0.4) is 0 Å². The van der Waals surface area contributed by atoms with Crippen LogP contribution in [0.5, 0.6) is 11.5 Å². The molecule has 0 atom stereocenters. The maximum atomic E-state index is 12.6. The standard InChI is InChI=1S/C26H23N3O7S/c1-17-3-6-21(7-4-17)29-37(33,34)22-10-8-20(9-11-22)28-26(32)19(15-27)13-18-5-12-23(24(14-18)35-2)36-16-25(30)31/h3-14,29H,16H2,1-2H3,(H,28,32)(H,30,31)/b19-13+. The van der Waals surface area contributed by atoms with E-state index in [-0.39, 0.29) is 27.7 Å². The van der Waals surface area contributed by atoms with E-state index in [9.17, 15) is 23.3 Å². The molecule has 0 fully saturated rings. The number of aryl methyl sites for hydroxylation is 1. The summed E-state index contributed by atoms with van der Waals surface area (Å²) in [5.41, 5.74) is 1.92. The fourth-order valence-electron chi connectivity index (χ4n) is 3.10. The van der Waals surface area contributed by atoms with Crippen molar-refractivity contribution in [2.75, 3.05) is 23.8 Å². The topological polar surface area (TPSA) is 155 Å². The number of anilines is 2. The second-order valence-electron chi connectivity index (χ2n) is 7.71. The third-order valence-electron chi connectivity index (χ3n) is 4.94. The summed E-state index contributed by atoms with van der Waals surface area (Å²) in [6.45, 7) is 1.34. The van der Waals surface area contributed by atoms with Crippen LogP contribution >= 0.6 is 0 Å². The Morgan fingerprint density at radius 3 is 2.24 bits per heavy atom. The lowest BCUT2D eigenvalue weighted by atomic mass is 10.1. The minimum Gasteiger partial charge on any atom is -0.493 e. The predicted molar refractivity (Wildman–Crippen MR) is 137 cm³/mol. The van der Waals surface area contributed by atoms with Gasteiger partial charge in [-0.2, -0.15) is 5.26 Å². The number of carboxylic acids is 1. The lowest BCUT2D eigenvalue weighted by Crippen LogP contribution is -2.15. The zero-order valence-electron chi connectivity index (χ0n) is 19.9. The molecule has 0 aliphatic rings. The van der Waals surface area contributed by atoms with E-state index in [0.717, 1.165) is 5.56 Å². The van der Waals surface area contributed by atoms with Crippen LogP contribution in [0.15, 0.2) is 77.2 Å². The number of nitrogens with zero attached hydrogens (tertiary/aromatic N) is 1. The van der Waals surface area contributed by atoms with Gasteiger partial charge in [0.15, 0.2) is 18.1 Å². The van der Waals surface area contributed by atoms with Crippen LogP contribution < -0.4 is 19.5 Å². The van der Waals surface area contributed by atoms with Gasteiger partial charge in [-0.1, -0.05) is 23.8 Å². The first-order chi connectivity index (χ1) is 17.6. The van der Waals surface area contributed by atoms with E-state index in [4.69, 9.17) is 14.6 Å². The molecule has 0 unspecified atom stereocenters. The Bertz CT molecular complexity index is 1470. The molecule has 0 aliphatic heterocycles. The molecule has 190 valence electrons. The number of benzene rings is 3. The zero-order valence-corrected chi connectivity index (χ0v) is 20.7. The number of nitrogens with one attached hydrogen (secondary N) is 2. The van der Waals surface area contributed by atoms with Crippen molar-refractivity contribution in [2.45, 2.75) is 11.8 Å². The Balaban J connectivity index is 1.72. The van der Waals surface area contributed by atoms with Crippen LogP contribution in [-0.2, 0) is 19.6 Å². The summed E-state index contributed by atoms with van der Waals surface area (Å²) in [6, 6.07) is 18.7. The van der Waals surface area contributed by atoms with Crippen LogP contribution in [0, 0.1) is 18.3 Å². The monoisotopic (exact) mass is 521 g/mol. The molecule has 1 amide bonds. The highest BCUT2D eigenvalue weighted by atomic mass is 32.2. The van der Waals surface area contributed by atoms with E-state index in [1.165, 1.54) is 55.7 Å². The van der Waals surface area contributed by atoms with Crippen LogP contribution in [0.1, 0.15) is 11.1 Å². The van der Waals surface area contributed by atoms with Crippen molar-refractivity contribution in [2.24, 2.45) is 0 Å². The first kappa shape index (κ1) is 26.8. The highest BCUT2D eigenvalue weighted by Crippen LogP contribution is 2.29.